The van der Waals surface area contributed by atoms with Crippen LogP contribution in [0.25, 0.3) is 0 Å². The number of amides is 1. The highest BCUT2D eigenvalue weighted by Crippen LogP contribution is 2.26. The molecule has 2 rings (SSSR count). The quantitative estimate of drug-likeness (QED) is 0.698. The number of sulfone groups is 1. The van der Waals surface area contributed by atoms with E-state index in [1.165, 1.54) is 14.2 Å². The number of nitrogens with zero attached hydrogens (tertiary/aromatic N) is 3. The van der Waals surface area contributed by atoms with Gasteiger partial charge in [0.15, 0.2) is 4.90 Å². The Bertz CT molecular complexity index is 1050. The molecule has 11 heteroatoms. The number of hydrogen-bond acceptors (Lipinski definition) is 7. The van der Waals surface area contributed by atoms with Crippen LogP contribution in [0.5, 0.6) is 5.88 Å². The Hall–Kier alpha value is -2.95. The van der Waals surface area contributed by atoms with Crippen LogP contribution in [0.2, 0.25) is 0 Å². The van der Waals surface area contributed by atoms with Gasteiger partial charge in [0.1, 0.15) is 5.56 Å². The minimum atomic E-state index is -4.45. The topological polar surface area (TPSA) is 143 Å². The predicted molar refractivity (Wildman–Crippen MR) is 81.7 cm³/mol. The summed E-state index contributed by atoms with van der Waals surface area (Å²) in [7, 11) is -0.823. The number of nitrogens with two attached hydrogens (primary N) is 1. The van der Waals surface area contributed by atoms with Gasteiger partial charge < -0.3 is 15.0 Å². The fourth-order valence-corrected chi connectivity index (χ4v) is 3.71. The van der Waals surface area contributed by atoms with E-state index in [9.17, 15) is 22.8 Å². The summed E-state index contributed by atoms with van der Waals surface area (Å²) >= 11 is 0. The van der Waals surface area contributed by atoms with Crippen molar-refractivity contribution in [2.45, 2.75) is 9.79 Å². The molecular formula is C13H14N4O6S. The van der Waals surface area contributed by atoms with Gasteiger partial charge in [-0.25, -0.2) is 18.2 Å². The number of carbonyl (C=O) groups excluding carboxylic acids is 1. The van der Waals surface area contributed by atoms with E-state index < -0.39 is 42.3 Å². The molecule has 2 aromatic heterocycles. The standard InChI is InChI=1S/C13H14N4O6S/c1-16-6-8(12(19)17(2)13(16)20)24(21,22)7-4-5-15-11(23-3)9(7)10(14)18/h4-6H,1-3H3,(H2,14,18). The second-order valence-electron chi connectivity index (χ2n) is 4.81. The highest BCUT2D eigenvalue weighted by Gasteiger charge is 2.30. The van der Waals surface area contributed by atoms with Crippen molar-refractivity contribution in [1.82, 2.24) is 14.1 Å². The minimum absolute atomic E-state index is 0.287. The molecule has 0 saturated carbocycles. The number of carbonyl (C=O) groups is 1. The SMILES string of the molecule is COc1nccc(S(=O)(=O)c2cn(C)c(=O)n(C)c2=O)c1C(N)=O. The second kappa shape index (κ2) is 5.92. The number of pyridine rings is 1. The summed E-state index contributed by atoms with van der Waals surface area (Å²) < 4.78 is 32.1. The van der Waals surface area contributed by atoms with Crippen LogP contribution in [0.1, 0.15) is 10.4 Å². The summed E-state index contributed by atoms with van der Waals surface area (Å²) in [5, 5.41) is 0. The number of aryl methyl sites for hydroxylation is 1. The lowest BCUT2D eigenvalue weighted by molar-refractivity contribution is 0.0993. The molecule has 2 aromatic rings. The van der Waals surface area contributed by atoms with Crippen molar-refractivity contribution in [3.63, 3.8) is 0 Å². The Morgan fingerprint density at radius 1 is 1.25 bits per heavy atom. The van der Waals surface area contributed by atoms with Crippen molar-refractivity contribution in [3.05, 3.63) is 44.9 Å². The third kappa shape index (κ3) is 2.58. The van der Waals surface area contributed by atoms with E-state index >= 15 is 0 Å². The number of ether oxygens (including phenoxy) is 1. The maximum atomic E-state index is 12.8. The Kier molecular flexibility index (Phi) is 4.30. The van der Waals surface area contributed by atoms with Crippen LogP contribution in [-0.4, -0.2) is 35.6 Å². The van der Waals surface area contributed by atoms with Gasteiger partial charge in [-0.15, -0.1) is 0 Å². The molecular weight excluding hydrogens is 340 g/mol. The lowest BCUT2D eigenvalue weighted by Crippen LogP contribution is -2.39. The van der Waals surface area contributed by atoms with Gasteiger partial charge >= 0.3 is 5.69 Å². The van der Waals surface area contributed by atoms with Gasteiger partial charge in [0.2, 0.25) is 15.7 Å². The van der Waals surface area contributed by atoms with Gasteiger partial charge in [-0.1, -0.05) is 0 Å². The molecule has 0 aromatic carbocycles. The third-order valence-corrected chi connectivity index (χ3v) is 5.09. The van der Waals surface area contributed by atoms with Crippen LogP contribution in [0.15, 0.2) is 37.8 Å². The van der Waals surface area contributed by atoms with E-state index in [-0.39, 0.29) is 5.88 Å². The Morgan fingerprint density at radius 2 is 1.88 bits per heavy atom. The first-order valence-electron chi connectivity index (χ1n) is 6.47. The summed E-state index contributed by atoms with van der Waals surface area (Å²) in [6.07, 6.45) is 1.99. The molecule has 2 heterocycles. The second-order valence-corrected chi connectivity index (χ2v) is 6.70. The van der Waals surface area contributed by atoms with E-state index in [1.54, 1.807) is 0 Å². The summed E-state index contributed by atoms with van der Waals surface area (Å²) in [6.45, 7) is 0. The zero-order valence-electron chi connectivity index (χ0n) is 13.0. The molecule has 10 nitrogen and oxygen atoms in total. The smallest absolute Gasteiger partial charge is 0.330 e. The molecule has 24 heavy (non-hydrogen) atoms. The predicted octanol–water partition coefficient (Wildman–Crippen LogP) is -1.58. The maximum Gasteiger partial charge on any atom is 0.330 e. The van der Waals surface area contributed by atoms with Crippen molar-refractivity contribution in [3.8, 4) is 5.88 Å². The molecule has 0 spiro atoms. The van der Waals surface area contributed by atoms with Gasteiger partial charge in [-0.2, -0.15) is 0 Å². The molecule has 0 aliphatic heterocycles. The van der Waals surface area contributed by atoms with E-state index in [0.717, 1.165) is 30.1 Å². The Labute approximate surface area is 136 Å². The first-order valence-corrected chi connectivity index (χ1v) is 7.95. The lowest BCUT2D eigenvalue weighted by atomic mass is 10.2. The summed E-state index contributed by atoms with van der Waals surface area (Å²) in [5.74, 6) is -1.37. The number of aromatic nitrogens is 3. The van der Waals surface area contributed by atoms with E-state index in [0.29, 0.717) is 4.57 Å². The average Bonchev–Trinajstić information content (AvgIpc) is 2.55. The highest BCUT2D eigenvalue weighted by atomic mass is 32.2. The molecule has 0 aliphatic rings. The average molecular weight is 354 g/mol. The number of primary amides is 1. The van der Waals surface area contributed by atoms with Crippen molar-refractivity contribution < 1.29 is 17.9 Å². The van der Waals surface area contributed by atoms with Crippen molar-refractivity contribution >= 4 is 15.7 Å². The Balaban J connectivity index is 2.91. The first-order chi connectivity index (χ1) is 11.1. The minimum Gasteiger partial charge on any atom is -0.480 e. The van der Waals surface area contributed by atoms with Crippen LogP contribution in [0.4, 0.5) is 0 Å². The fraction of sp³-hybridized carbons (Fsp3) is 0.231. The van der Waals surface area contributed by atoms with Crippen molar-refractivity contribution in [2.24, 2.45) is 19.8 Å². The Morgan fingerprint density at radius 3 is 2.42 bits per heavy atom. The maximum absolute atomic E-state index is 12.8. The van der Waals surface area contributed by atoms with Gasteiger partial charge in [0.05, 0.1) is 12.0 Å². The van der Waals surface area contributed by atoms with Crippen LogP contribution < -0.4 is 21.7 Å². The van der Waals surface area contributed by atoms with Crippen molar-refractivity contribution in [2.75, 3.05) is 7.11 Å². The highest BCUT2D eigenvalue weighted by molar-refractivity contribution is 7.91. The van der Waals surface area contributed by atoms with E-state index in [2.05, 4.69) is 4.98 Å². The van der Waals surface area contributed by atoms with Gasteiger partial charge in [0, 0.05) is 26.5 Å². The molecule has 1 amide bonds. The van der Waals surface area contributed by atoms with Crippen LogP contribution in [0, 0.1) is 0 Å². The summed E-state index contributed by atoms with van der Waals surface area (Å²) in [4.78, 5) is 38.1. The molecule has 2 N–H and O–H groups in total. The third-order valence-electron chi connectivity index (χ3n) is 3.31. The molecule has 0 unspecified atom stereocenters. The van der Waals surface area contributed by atoms with Crippen molar-refractivity contribution in [1.29, 1.82) is 0 Å². The van der Waals surface area contributed by atoms with Crippen LogP contribution >= 0.6 is 0 Å². The number of methoxy groups -OCH3 is 1. The largest absolute Gasteiger partial charge is 0.480 e. The molecule has 128 valence electrons. The normalized spacial score (nSPS) is 11.3. The molecule has 0 fully saturated rings. The fourth-order valence-electron chi connectivity index (χ4n) is 2.11. The van der Waals surface area contributed by atoms with Gasteiger partial charge in [-0.3, -0.25) is 14.2 Å². The monoisotopic (exact) mass is 354 g/mol. The van der Waals surface area contributed by atoms with E-state index in [4.69, 9.17) is 10.5 Å². The van der Waals surface area contributed by atoms with Crippen LogP contribution in [0.3, 0.4) is 0 Å². The van der Waals surface area contributed by atoms with E-state index in [1.807, 2.05) is 0 Å². The molecule has 0 atom stereocenters. The molecule has 0 bridgehead atoms. The molecule has 0 aliphatic carbocycles. The summed E-state index contributed by atoms with van der Waals surface area (Å²) in [6, 6.07) is 1.03. The first kappa shape index (κ1) is 17.4. The number of rotatable bonds is 4. The van der Waals surface area contributed by atoms with Gasteiger partial charge in [0.25, 0.3) is 11.5 Å². The summed E-state index contributed by atoms with van der Waals surface area (Å²) in [5.41, 5.74) is 3.03. The zero-order valence-corrected chi connectivity index (χ0v) is 13.8. The van der Waals surface area contributed by atoms with Crippen LogP contribution in [-0.2, 0) is 23.9 Å². The number of hydrogen-bond donors (Lipinski definition) is 1. The molecule has 0 saturated heterocycles. The van der Waals surface area contributed by atoms with Gasteiger partial charge in [-0.05, 0) is 6.07 Å². The lowest BCUT2D eigenvalue weighted by Gasteiger charge is -2.12. The zero-order chi connectivity index (χ0) is 18.2. The molecule has 0 radical (unpaired) electrons.